The predicted molar refractivity (Wildman–Crippen MR) is 57.2 cm³/mol. The third-order valence-corrected chi connectivity index (χ3v) is 2.28. The van der Waals surface area contributed by atoms with E-state index in [1.54, 1.807) is 30.3 Å². The molecule has 0 aliphatic carbocycles. The van der Waals surface area contributed by atoms with E-state index in [1.165, 1.54) is 0 Å². The molecule has 0 fully saturated rings. The maximum atomic E-state index is 10.4. The van der Waals surface area contributed by atoms with Crippen LogP contribution < -0.4 is 4.52 Å². The van der Waals surface area contributed by atoms with Crippen LogP contribution in [0.3, 0.4) is 0 Å². The van der Waals surface area contributed by atoms with Crippen LogP contribution in [0.1, 0.15) is 11.4 Å². The lowest BCUT2D eigenvalue weighted by Crippen LogP contribution is -1.96. The summed E-state index contributed by atoms with van der Waals surface area (Å²) in [5.41, 5.74) is 0.573. The Morgan fingerprint density at radius 2 is 1.88 bits per heavy atom. The first-order valence-corrected chi connectivity index (χ1v) is 5.14. The van der Waals surface area contributed by atoms with Crippen molar-refractivity contribution in [2.24, 2.45) is 0 Å². The van der Waals surface area contributed by atoms with Crippen LogP contribution in [0, 0.1) is 22.7 Å². The Morgan fingerprint density at radius 3 is 2.53 bits per heavy atom. The van der Waals surface area contributed by atoms with Gasteiger partial charge in [0.05, 0.1) is 5.52 Å². The van der Waals surface area contributed by atoms with Crippen molar-refractivity contribution in [3.8, 4) is 17.9 Å². The third-order valence-electron chi connectivity index (χ3n) is 2.01. The number of benzene rings is 1. The first-order valence-electron chi connectivity index (χ1n) is 4.40. The summed E-state index contributed by atoms with van der Waals surface area (Å²) in [6.45, 7) is 0. The third kappa shape index (κ3) is 1.90. The zero-order chi connectivity index (χ0) is 12.3. The van der Waals surface area contributed by atoms with Gasteiger partial charge in [0.15, 0.2) is 17.1 Å². The normalized spacial score (nSPS) is 9.76. The highest BCUT2D eigenvalue weighted by Crippen LogP contribution is 2.25. The summed E-state index contributed by atoms with van der Waals surface area (Å²) in [6, 6.07) is 8.37. The number of nitrogens with zero attached hydrogens (tertiary/aromatic N) is 4. The van der Waals surface area contributed by atoms with Crippen LogP contribution in [-0.4, -0.2) is 9.97 Å². The Bertz CT molecular complexity index is 687. The molecule has 0 N–H and O–H groups in total. The van der Waals surface area contributed by atoms with Crippen molar-refractivity contribution in [2.75, 3.05) is 0 Å². The predicted octanol–water partition coefficient (Wildman–Crippen LogP) is 1.96. The molecule has 7 heteroatoms. The van der Waals surface area contributed by atoms with Gasteiger partial charge in [-0.3, -0.25) is 0 Å². The van der Waals surface area contributed by atoms with Gasteiger partial charge in [0.25, 0.3) is 0 Å². The van der Waals surface area contributed by atoms with E-state index in [9.17, 15) is 4.57 Å². The molecule has 6 nitrogen and oxygen atoms in total. The van der Waals surface area contributed by atoms with Crippen molar-refractivity contribution < 1.29 is 9.09 Å². The molecule has 0 spiro atoms. The molecule has 2 aromatic rings. The van der Waals surface area contributed by atoms with Crippen LogP contribution in [0.15, 0.2) is 18.2 Å². The molecule has 1 aromatic heterocycles. The molecule has 1 heterocycles. The summed E-state index contributed by atoms with van der Waals surface area (Å²) in [4.78, 5) is 7.94. The molecule has 0 amide bonds. The van der Waals surface area contributed by atoms with Gasteiger partial charge in [0, 0.05) is 0 Å². The minimum atomic E-state index is -0.522. The van der Waals surface area contributed by atoms with Crippen LogP contribution in [0.5, 0.6) is 5.75 Å². The average molecular weight is 242 g/mol. The monoisotopic (exact) mass is 242 g/mol. The molecule has 17 heavy (non-hydrogen) atoms. The summed E-state index contributed by atoms with van der Waals surface area (Å²) in [5, 5.41) is 17.6. The zero-order valence-electron chi connectivity index (χ0n) is 8.28. The largest absolute Gasteiger partial charge is 0.405 e. The van der Waals surface area contributed by atoms with Crippen molar-refractivity contribution in [3.63, 3.8) is 0 Å². The molecule has 1 aromatic carbocycles. The second-order valence-electron chi connectivity index (χ2n) is 2.93. The van der Waals surface area contributed by atoms with Gasteiger partial charge in [-0.2, -0.15) is 10.5 Å². The second-order valence-corrected chi connectivity index (χ2v) is 3.27. The summed E-state index contributed by atoms with van der Waals surface area (Å²) in [5.74, 6) is 0.243. The molecule has 0 aliphatic rings. The van der Waals surface area contributed by atoms with Crippen LogP contribution in [0.2, 0.25) is 0 Å². The van der Waals surface area contributed by atoms with Gasteiger partial charge in [-0.05, 0) is 12.1 Å². The van der Waals surface area contributed by atoms with Gasteiger partial charge in [-0.15, -0.1) is 0 Å². The molecular weight excluding hydrogens is 239 g/mol. The Kier molecular flexibility index (Phi) is 2.91. The number of nitriles is 2. The fraction of sp³-hybridized carbons (Fsp3) is 0. The molecule has 2 rings (SSSR count). The van der Waals surface area contributed by atoms with Gasteiger partial charge in [-0.25, -0.2) is 14.5 Å². The van der Waals surface area contributed by atoms with E-state index < -0.39 is 8.69 Å². The standard InChI is InChI=1S/C10H3N4O2P/c11-4-7-8(5-12)14-10-6(13-7)2-1-3-9(10)16-17-15/h1-3H. The van der Waals surface area contributed by atoms with E-state index in [2.05, 4.69) is 9.97 Å². The first kappa shape index (κ1) is 10.9. The van der Waals surface area contributed by atoms with Crippen molar-refractivity contribution in [3.05, 3.63) is 29.6 Å². The van der Waals surface area contributed by atoms with Gasteiger partial charge in [0.2, 0.25) is 0 Å². The fourth-order valence-electron chi connectivity index (χ4n) is 1.32. The highest BCUT2D eigenvalue weighted by Gasteiger charge is 2.11. The molecule has 80 valence electrons. The molecule has 0 radical (unpaired) electrons. The van der Waals surface area contributed by atoms with Crippen LogP contribution in [0.25, 0.3) is 11.0 Å². The maximum absolute atomic E-state index is 10.4. The van der Waals surface area contributed by atoms with Crippen molar-refractivity contribution in [1.82, 2.24) is 9.97 Å². The highest BCUT2D eigenvalue weighted by atomic mass is 31.1. The maximum Gasteiger partial charge on any atom is 0.395 e. The fourth-order valence-corrected chi connectivity index (χ4v) is 1.55. The Balaban J connectivity index is 2.80. The molecule has 0 aliphatic heterocycles. The van der Waals surface area contributed by atoms with E-state index in [0.29, 0.717) is 11.0 Å². The van der Waals surface area contributed by atoms with Crippen LogP contribution in [-0.2, 0) is 4.57 Å². The summed E-state index contributed by atoms with van der Waals surface area (Å²) in [6.07, 6.45) is 0. The molecule has 0 unspecified atom stereocenters. The molecule has 0 saturated heterocycles. The Hall–Kier alpha value is -2.56. The number of para-hydroxylation sites is 1. The first-order chi connectivity index (χ1) is 8.30. The van der Waals surface area contributed by atoms with Crippen LogP contribution in [0.4, 0.5) is 0 Å². The Morgan fingerprint density at radius 1 is 1.18 bits per heavy atom. The number of hydrogen-bond donors (Lipinski definition) is 0. The number of rotatable bonds is 2. The van der Waals surface area contributed by atoms with Gasteiger partial charge in [-0.1, -0.05) is 6.07 Å². The van der Waals surface area contributed by atoms with E-state index in [0.717, 1.165) is 0 Å². The zero-order valence-corrected chi connectivity index (χ0v) is 9.18. The highest BCUT2D eigenvalue weighted by molar-refractivity contribution is 7.17. The SMILES string of the molecule is N#Cc1nc2cccc(OP=O)c2nc1C#N. The van der Waals surface area contributed by atoms with Crippen molar-refractivity contribution in [1.29, 1.82) is 10.5 Å². The lowest BCUT2D eigenvalue weighted by molar-refractivity contribution is 0.527. The van der Waals surface area contributed by atoms with Crippen LogP contribution >= 0.6 is 8.69 Å². The quantitative estimate of drug-likeness (QED) is 0.746. The Labute approximate surface area is 97.4 Å². The van der Waals surface area contributed by atoms with E-state index in [1.807, 2.05) is 0 Å². The number of aromatic nitrogens is 2. The summed E-state index contributed by atoms with van der Waals surface area (Å²) < 4.78 is 15.2. The molecule has 0 atom stereocenters. The summed E-state index contributed by atoms with van der Waals surface area (Å²) >= 11 is 0. The minimum absolute atomic E-state index is 0.0446. The van der Waals surface area contributed by atoms with Gasteiger partial charge in [0.1, 0.15) is 17.7 Å². The van der Waals surface area contributed by atoms with E-state index in [4.69, 9.17) is 15.0 Å². The van der Waals surface area contributed by atoms with Gasteiger partial charge < -0.3 is 4.52 Å². The van der Waals surface area contributed by atoms with E-state index in [-0.39, 0.29) is 17.1 Å². The lowest BCUT2D eigenvalue weighted by Gasteiger charge is -2.02. The number of hydrogen-bond acceptors (Lipinski definition) is 6. The second kappa shape index (κ2) is 4.52. The molecular formula is C10H3N4O2P. The smallest absolute Gasteiger partial charge is 0.395 e. The molecule has 0 bridgehead atoms. The van der Waals surface area contributed by atoms with Gasteiger partial charge >= 0.3 is 8.69 Å². The van der Waals surface area contributed by atoms with Crippen molar-refractivity contribution >= 4 is 19.7 Å². The number of fused-ring (bicyclic) bond motifs is 1. The topological polar surface area (TPSA) is 99.7 Å². The minimum Gasteiger partial charge on any atom is -0.405 e. The van der Waals surface area contributed by atoms with E-state index >= 15 is 0 Å². The average Bonchev–Trinajstić information content (AvgIpc) is 2.38. The van der Waals surface area contributed by atoms with Crippen molar-refractivity contribution in [2.45, 2.75) is 0 Å². The lowest BCUT2D eigenvalue weighted by atomic mass is 10.2. The summed E-state index contributed by atoms with van der Waals surface area (Å²) in [7, 11) is -0.522. The molecule has 0 saturated carbocycles.